The van der Waals surface area contributed by atoms with Crippen LogP contribution in [0.15, 0.2) is 29.6 Å². The summed E-state index contributed by atoms with van der Waals surface area (Å²) in [7, 11) is 2.90. The van der Waals surface area contributed by atoms with Gasteiger partial charge < -0.3 is 24.8 Å². The highest BCUT2D eigenvalue weighted by Crippen LogP contribution is 2.34. The van der Waals surface area contributed by atoms with Crippen LogP contribution in [0, 0.1) is 5.92 Å². The molecule has 0 radical (unpaired) electrons. The van der Waals surface area contributed by atoms with Crippen molar-refractivity contribution in [3.05, 3.63) is 40.1 Å². The SMILES string of the molecule is COc1cc(NC(=O)Cc2cccs2)c(C(=O)OCC(=O)NC(C)CCCC(C)C)cc1OC. The monoisotopic (exact) mass is 490 g/mol. The minimum Gasteiger partial charge on any atom is -0.493 e. The molecular formula is C25H34N2O6S. The fourth-order valence-electron chi connectivity index (χ4n) is 3.35. The summed E-state index contributed by atoms with van der Waals surface area (Å²) >= 11 is 1.47. The summed E-state index contributed by atoms with van der Waals surface area (Å²) in [4.78, 5) is 38.5. The van der Waals surface area contributed by atoms with Crippen LogP contribution in [0.4, 0.5) is 5.69 Å². The number of benzene rings is 1. The molecule has 1 atom stereocenters. The van der Waals surface area contributed by atoms with Crippen molar-refractivity contribution in [1.82, 2.24) is 5.32 Å². The smallest absolute Gasteiger partial charge is 0.340 e. The van der Waals surface area contributed by atoms with Gasteiger partial charge in [-0.15, -0.1) is 11.3 Å². The summed E-state index contributed by atoms with van der Waals surface area (Å²) in [5.74, 6) is -0.168. The molecule has 1 aromatic heterocycles. The molecule has 0 aliphatic rings. The lowest BCUT2D eigenvalue weighted by Crippen LogP contribution is -2.36. The van der Waals surface area contributed by atoms with Crippen LogP contribution in [0.2, 0.25) is 0 Å². The molecule has 0 saturated carbocycles. The molecule has 2 N–H and O–H groups in total. The molecule has 186 valence electrons. The van der Waals surface area contributed by atoms with Gasteiger partial charge in [0.1, 0.15) is 0 Å². The van der Waals surface area contributed by atoms with Gasteiger partial charge in [-0.25, -0.2) is 4.79 Å². The Hall–Kier alpha value is -3.07. The maximum absolute atomic E-state index is 12.8. The molecule has 8 nitrogen and oxygen atoms in total. The number of carbonyl (C=O) groups is 3. The lowest BCUT2D eigenvalue weighted by atomic mass is 10.0. The third kappa shape index (κ3) is 8.70. The third-order valence-corrected chi connectivity index (χ3v) is 5.97. The van der Waals surface area contributed by atoms with Gasteiger partial charge in [-0.1, -0.05) is 32.8 Å². The van der Waals surface area contributed by atoms with Gasteiger partial charge in [-0.05, 0) is 30.7 Å². The van der Waals surface area contributed by atoms with Gasteiger partial charge in [-0.2, -0.15) is 0 Å². The molecule has 0 aliphatic heterocycles. The number of methoxy groups -OCH3 is 2. The van der Waals surface area contributed by atoms with E-state index in [1.54, 1.807) is 0 Å². The van der Waals surface area contributed by atoms with E-state index in [2.05, 4.69) is 24.5 Å². The van der Waals surface area contributed by atoms with E-state index < -0.39 is 12.6 Å². The number of hydrogen-bond donors (Lipinski definition) is 2. The van der Waals surface area contributed by atoms with Gasteiger partial charge in [-0.3, -0.25) is 9.59 Å². The Bertz CT molecular complexity index is 959. The summed E-state index contributed by atoms with van der Waals surface area (Å²) in [6.45, 7) is 5.82. The van der Waals surface area contributed by atoms with E-state index in [0.717, 1.165) is 24.1 Å². The number of amides is 2. The number of rotatable bonds is 13. The number of anilines is 1. The largest absolute Gasteiger partial charge is 0.493 e. The number of nitrogens with one attached hydrogen (secondary N) is 2. The van der Waals surface area contributed by atoms with Crippen LogP contribution in [0.1, 0.15) is 55.3 Å². The van der Waals surface area contributed by atoms with Gasteiger partial charge in [0, 0.05) is 23.1 Å². The van der Waals surface area contributed by atoms with Gasteiger partial charge in [0.05, 0.1) is 31.9 Å². The number of thiophene rings is 1. The first-order valence-corrected chi connectivity index (χ1v) is 12.2. The van der Waals surface area contributed by atoms with Crippen molar-refractivity contribution in [3.8, 4) is 11.5 Å². The number of esters is 1. The molecular weight excluding hydrogens is 456 g/mol. The van der Waals surface area contributed by atoms with Crippen LogP contribution in [0.25, 0.3) is 0 Å². The highest BCUT2D eigenvalue weighted by atomic mass is 32.1. The molecule has 34 heavy (non-hydrogen) atoms. The van der Waals surface area contributed by atoms with Gasteiger partial charge >= 0.3 is 5.97 Å². The van der Waals surface area contributed by atoms with Crippen molar-refractivity contribution in [2.75, 3.05) is 26.1 Å². The van der Waals surface area contributed by atoms with Crippen molar-refractivity contribution >= 4 is 34.8 Å². The minimum absolute atomic E-state index is 0.0156. The lowest BCUT2D eigenvalue weighted by molar-refractivity contribution is -0.124. The number of ether oxygens (including phenoxy) is 3. The second-order valence-corrected chi connectivity index (χ2v) is 9.46. The van der Waals surface area contributed by atoms with E-state index in [1.165, 1.54) is 37.7 Å². The Balaban J connectivity index is 2.05. The van der Waals surface area contributed by atoms with Crippen LogP contribution < -0.4 is 20.1 Å². The lowest BCUT2D eigenvalue weighted by Gasteiger charge is -2.16. The van der Waals surface area contributed by atoms with E-state index in [0.29, 0.717) is 17.4 Å². The third-order valence-electron chi connectivity index (χ3n) is 5.09. The topological polar surface area (TPSA) is 103 Å². The van der Waals surface area contributed by atoms with Crippen LogP contribution >= 0.6 is 11.3 Å². The van der Waals surface area contributed by atoms with Crippen molar-refractivity contribution in [1.29, 1.82) is 0 Å². The molecule has 0 saturated heterocycles. The van der Waals surface area contributed by atoms with E-state index in [-0.39, 0.29) is 35.5 Å². The Morgan fingerprint density at radius 1 is 1.00 bits per heavy atom. The normalized spacial score (nSPS) is 11.6. The molecule has 0 bridgehead atoms. The van der Waals surface area contributed by atoms with Crippen molar-refractivity contribution < 1.29 is 28.6 Å². The molecule has 2 rings (SSSR count). The maximum Gasteiger partial charge on any atom is 0.340 e. The predicted octanol–water partition coefficient (Wildman–Crippen LogP) is 4.43. The highest BCUT2D eigenvalue weighted by molar-refractivity contribution is 7.10. The first kappa shape index (κ1) is 27.2. The predicted molar refractivity (Wildman–Crippen MR) is 133 cm³/mol. The zero-order valence-electron chi connectivity index (χ0n) is 20.4. The Labute approximate surface area is 205 Å². The summed E-state index contributed by atoms with van der Waals surface area (Å²) in [5.41, 5.74) is 0.279. The molecule has 1 aromatic carbocycles. The van der Waals surface area contributed by atoms with Gasteiger partial charge in [0.15, 0.2) is 18.1 Å². The van der Waals surface area contributed by atoms with Gasteiger partial charge in [0.25, 0.3) is 5.91 Å². The van der Waals surface area contributed by atoms with E-state index in [9.17, 15) is 14.4 Å². The Morgan fingerprint density at radius 3 is 2.32 bits per heavy atom. The molecule has 1 unspecified atom stereocenters. The zero-order chi connectivity index (χ0) is 25.1. The quantitative estimate of drug-likeness (QED) is 0.403. The molecule has 9 heteroatoms. The number of hydrogen-bond acceptors (Lipinski definition) is 7. The van der Waals surface area contributed by atoms with Crippen molar-refractivity contribution in [2.24, 2.45) is 5.92 Å². The Morgan fingerprint density at radius 2 is 1.71 bits per heavy atom. The highest BCUT2D eigenvalue weighted by Gasteiger charge is 2.21. The van der Waals surface area contributed by atoms with E-state index >= 15 is 0 Å². The molecule has 0 spiro atoms. The average Bonchev–Trinajstić information content (AvgIpc) is 3.29. The second-order valence-electron chi connectivity index (χ2n) is 8.43. The molecule has 0 fully saturated rings. The average molecular weight is 491 g/mol. The summed E-state index contributed by atoms with van der Waals surface area (Å²) in [6.07, 6.45) is 3.13. The van der Waals surface area contributed by atoms with E-state index in [4.69, 9.17) is 14.2 Å². The first-order chi connectivity index (χ1) is 16.2. The van der Waals surface area contributed by atoms with Crippen LogP contribution in [-0.4, -0.2) is 44.7 Å². The van der Waals surface area contributed by atoms with Crippen molar-refractivity contribution in [3.63, 3.8) is 0 Å². The second kappa shape index (κ2) is 13.6. The fourth-order valence-corrected chi connectivity index (χ4v) is 4.05. The summed E-state index contributed by atoms with van der Waals surface area (Å²) in [6, 6.07) is 6.63. The minimum atomic E-state index is -0.755. The first-order valence-electron chi connectivity index (χ1n) is 11.3. The fraction of sp³-hybridized carbons (Fsp3) is 0.480. The molecule has 0 aliphatic carbocycles. The van der Waals surface area contributed by atoms with Crippen LogP contribution in [-0.2, 0) is 20.7 Å². The summed E-state index contributed by atoms with van der Waals surface area (Å²) < 4.78 is 15.8. The summed E-state index contributed by atoms with van der Waals surface area (Å²) in [5, 5.41) is 7.47. The molecule has 1 heterocycles. The zero-order valence-corrected chi connectivity index (χ0v) is 21.3. The molecule has 2 amide bonds. The van der Waals surface area contributed by atoms with Crippen LogP contribution in [0.3, 0.4) is 0 Å². The van der Waals surface area contributed by atoms with E-state index in [1.807, 2.05) is 24.4 Å². The van der Waals surface area contributed by atoms with Crippen molar-refractivity contribution in [2.45, 2.75) is 52.5 Å². The van der Waals surface area contributed by atoms with Crippen LogP contribution in [0.5, 0.6) is 11.5 Å². The Kier molecular flexibility index (Phi) is 10.9. The maximum atomic E-state index is 12.8. The standard InChI is InChI=1S/C25H34N2O6S/c1-16(2)8-6-9-17(3)26-24(29)15-33-25(30)19-13-21(31-4)22(32-5)14-20(19)27-23(28)12-18-10-7-11-34-18/h7,10-11,13-14,16-17H,6,8-9,12,15H2,1-5H3,(H,26,29)(H,27,28). The van der Waals surface area contributed by atoms with Gasteiger partial charge in [0.2, 0.25) is 5.91 Å². The molecule has 2 aromatic rings. The number of carbonyl (C=O) groups excluding carboxylic acids is 3.